The van der Waals surface area contributed by atoms with Gasteiger partial charge >= 0.3 is 32.7 Å². The Morgan fingerprint density at radius 2 is 1.18 bits per heavy atom. The number of hydrogen-bond acceptors (Lipinski definition) is 1. The van der Waals surface area contributed by atoms with Gasteiger partial charge in [-0.1, -0.05) is 104 Å². The first-order chi connectivity index (χ1) is 14.8. The summed E-state index contributed by atoms with van der Waals surface area (Å²) in [5.41, 5.74) is 5.41. The zero-order chi connectivity index (χ0) is 26.3. The van der Waals surface area contributed by atoms with Gasteiger partial charge in [0.15, 0.2) is 0 Å². The van der Waals surface area contributed by atoms with Gasteiger partial charge in [0.1, 0.15) is 5.75 Å². The largest absolute Gasteiger partial charge is 3.00 e. The maximum atomic E-state index is 5.97. The summed E-state index contributed by atoms with van der Waals surface area (Å²) in [5, 5.41) is 0. The Bertz CT molecular complexity index is 791. The summed E-state index contributed by atoms with van der Waals surface area (Å²) < 4.78 is 5.97. The number of benzene rings is 1. The first kappa shape index (κ1) is 36.1. The van der Waals surface area contributed by atoms with Crippen LogP contribution in [0.1, 0.15) is 69.7 Å². The van der Waals surface area contributed by atoms with E-state index in [1.165, 1.54) is 22.3 Å². The summed E-state index contributed by atoms with van der Waals surface area (Å²) in [7, 11) is 0.0878. The Kier molecular flexibility index (Phi) is 15.5. The number of aryl methyl sites for hydroxylation is 1. The molecule has 0 saturated heterocycles. The van der Waals surface area contributed by atoms with E-state index in [9.17, 15) is 0 Å². The molecule has 2 rings (SSSR count). The fraction of sp³-hybridized carbons (Fsp3) is 0.567. The van der Waals surface area contributed by atoms with Gasteiger partial charge in [-0.05, 0) is 28.9 Å². The van der Waals surface area contributed by atoms with Crippen molar-refractivity contribution >= 4 is 16.1 Å². The molecular weight excluding hydrogens is 521 g/mol. The van der Waals surface area contributed by atoms with E-state index in [0.717, 1.165) is 18.6 Å². The first-order valence-electron chi connectivity index (χ1n) is 12.4. The molecule has 0 amide bonds. The summed E-state index contributed by atoms with van der Waals surface area (Å²) in [6, 6.07) is 13.4. The Hall–Kier alpha value is -0.0923. The van der Waals surface area contributed by atoms with Gasteiger partial charge in [0, 0.05) is 0 Å². The molecule has 0 aromatic heterocycles. The molecular formula is C30H53OSi2Y. The average Bonchev–Trinajstić information content (AvgIpc) is 3.14. The standard InChI is InChI=1S/C22H31O.2C4H11Si.Y/c1-8-22(9-2,17-12-10-11-13-17)19-15-16(3)14-18(20(19)23-7)21(4,5)6;2*1-5(2,3)4;/h10-15H,8-9H2,1-7H3;2*1H2,2-4H3;/q3*-1;+3. The third-order valence-electron chi connectivity index (χ3n) is 5.18. The molecule has 2 aromatic carbocycles. The van der Waals surface area contributed by atoms with Crippen LogP contribution in [0.5, 0.6) is 5.75 Å². The second-order valence-corrected chi connectivity index (χ2v) is 23.0. The van der Waals surface area contributed by atoms with E-state index in [-0.39, 0.29) is 43.5 Å². The van der Waals surface area contributed by atoms with Crippen LogP contribution in [0.3, 0.4) is 0 Å². The fourth-order valence-electron chi connectivity index (χ4n) is 3.79. The molecule has 34 heavy (non-hydrogen) atoms. The van der Waals surface area contributed by atoms with E-state index in [1.807, 2.05) is 7.11 Å². The minimum Gasteiger partial charge on any atom is -0.496 e. The normalized spacial score (nSPS) is 12.0. The molecule has 0 atom stereocenters. The topological polar surface area (TPSA) is 9.23 Å². The maximum Gasteiger partial charge on any atom is 3.00 e. The Balaban J connectivity index is 0. The van der Waals surface area contributed by atoms with Crippen molar-refractivity contribution in [3.05, 3.63) is 71.7 Å². The van der Waals surface area contributed by atoms with Crippen molar-refractivity contribution in [3.8, 4) is 5.75 Å². The van der Waals surface area contributed by atoms with E-state index < -0.39 is 16.1 Å². The summed E-state index contributed by atoms with van der Waals surface area (Å²) in [5.74, 6) is 1.06. The van der Waals surface area contributed by atoms with E-state index in [1.54, 1.807) is 0 Å². The SMILES string of the molecule is CCC(CC)(c1cc(C)cc(C(C)(C)C)c1OC)[c-]1cccc1.[CH2-][Si](C)(C)C.[CH2-][Si](C)(C)C.[Y+3]. The molecule has 4 heteroatoms. The second-order valence-electron chi connectivity index (χ2n) is 12.7. The number of methoxy groups -OCH3 is 1. The van der Waals surface area contributed by atoms with Crippen LogP contribution < -0.4 is 4.74 Å². The van der Waals surface area contributed by atoms with Gasteiger partial charge in [0.05, 0.1) is 7.11 Å². The second kappa shape index (κ2) is 14.6. The molecule has 0 aliphatic heterocycles. The van der Waals surface area contributed by atoms with Gasteiger partial charge in [0.2, 0.25) is 0 Å². The molecule has 0 saturated carbocycles. The Morgan fingerprint density at radius 3 is 1.47 bits per heavy atom. The molecule has 1 nitrogen and oxygen atoms in total. The minimum absolute atomic E-state index is 0. The van der Waals surface area contributed by atoms with Crippen molar-refractivity contribution in [2.75, 3.05) is 7.11 Å². The minimum atomic E-state index is -0.861. The van der Waals surface area contributed by atoms with Crippen LogP contribution in [-0.2, 0) is 43.5 Å². The monoisotopic (exact) mass is 574 g/mol. The molecule has 0 fully saturated rings. The van der Waals surface area contributed by atoms with Crippen LogP contribution in [0.2, 0.25) is 39.3 Å². The van der Waals surface area contributed by atoms with Gasteiger partial charge in [-0.3, -0.25) is 0 Å². The summed E-state index contributed by atoms with van der Waals surface area (Å²) in [4.78, 5) is 0. The first-order valence-corrected chi connectivity index (χ1v) is 19.8. The third-order valence-corrected chi connectivity index (χ3v) is 5.18. The number of ether oxygens (including phenoxy) is 1. The predicted molar refractivity (Wildman–Crippen MR) is 157 cm³/mol. The predicted octanol–water partition coefficient (Wildman–Crippen LogP) is 9.52. The zero-order valence-corrected chi connectivity index (χ0v) is 29.6. The quantitative estimate of drug-likeness (QED) is 0.255. The zero-order valence-electron chi connectivity index (χ0n) is 24.8. The Labute approximate surface area is 241 Å². The van der Waals surface area contributed by atoms with Gasteiger partial charge in [-0.15, -0.1) is 21.7 Å². The van der Waals surface area contributed by atoms with Gasteiger partial charge in [0.25, 0.3) is 0 Å². The fourth-order valence-corrected chi connectivity index (χ4v) is 3.79. The molecule has 0 heterocycles. The summed E-state index contributed by atoms with van der Waals surface area (Å²) in [6.45, 7) is 34.7. The van der Waals surface area contributed by atoms with E-state index >= 15 is 0 Å². The summed E-state index contributed by atoms with van der Waals surface area (Å²) >= 11 is 0. The van der Waals surface area contributed by atoms with E-state index in [2.05, 4.69) is 130 Å². The molecule has 0 radical (unpaired) electrons. The maximum absolute atomic E-state index is 5.97. The number of rotatable bonds is 5. The van der Waals surface area contributed by atoms with E-state index in [4.69, 9.17) is 4.74 Å². The van der Waals surface area contributed by atoms with Crippen molar-refractivity contribution in [2.24, 2.45) is 0 Å². The van der Waals surface area contributed by atoms with Crippen molar-refractivity contribution in [3.63, 3.8) is 0 Å². The smallest absolute Gasteiger partial charge is 0.496 e. The Morgan fingerprint density at radius 1 is 0.824 bits per heavy atom. The van der Waals surface area contributed by atoms with Crippen molar-refractivity contribution in [1.82, 2.24) is 0 Å². The van der Waals surface area contributed by atoms with Crippen LogP contribution in [0, 0.1) is 20.0 Å². The van der Waals surface area contributed by atoms with E-state index in [0.29, 0.717) is 0 Å². The molecule has 0 unspecified atom stereocenters. The van der Waals surface area contributed by atoms with Gasteiger partial charge in [-0.2, -0.15) is 12.1 Å². The third kappa shape index (κ3) is 12.7. The van der Waals surface area contributed by atoms with Crippen molar-refractivity contribution in [2.45, 2.75) is 104 Å². The van der Waals surface area contributed by atoms with Crippen LogP contribution >= 0.6 is 0 Å². The average molecular weight is 575 g/mol. The van der Waals surface area contributed by atoms with Crippen molar-refractivity contribution < 1.29 is 37.4 Å². The number of hydrogen-bond donors (Lipinski definition) is 0. The molecule has 0 aliphatic rings. The van der Waals surface area contributed by atoms with Gasteiger partial charge < -0.3 is 17.8 Å². The molecule has 0 aliphatic carbocycles. The molecule has 0 spiro atoms. The molecule has 0 N–H and O–H groups in total. The molecule has 2 aromatic rings. The van der Waals surface area contributed by atoms with Crippen LogP contribution in [0.15, 0.2) is 36.4 Å². The van der Waals surface area contributed by atoms with Crippen LogP contribution in [0.25, 0.3) is 0 Å². The summed E-state index contributed by atoms with van der Waals surface area (Å²) in [6.07, 6.45) is 2.13. The van der Waals surface area contributed by atoms with Gasteiger partial charge in [-0.25, -0.2) is 12.1 Å². The van der Waals surface area contributed by atoms with Crippen LogP contribution in [-0.4, -0.2) is 23.3 Å². The van der Waals surface area contributed by atoms with Crippen molar-refractivity contribution in [1.29, 1.82) is 0 Å². The molecule has 190 valence electrons. The van der Waals surface area contributed by atoms with Crippen LogP contribution in [0.4, 0.5) is 0 Å². The molecule has 0 bridgehead atoms.